The Hall–Kier alpha value is -7.11. The van der Waals surface area contributed by atoms with Gasteiger partial charge < -0.3 is 8.83 Å². The molecule has 3 heterocycles. The molecular formula is C47H27N3O2. The first-order valence-corrected chi connectivity index (χ1v) is 17.3. The van der Waals surface area contributed by atoms with Gasteiger partial charge in [0.2, 0.25) is 0 Å². The summed E-state index contributed by atoms with van der Waals surface area (Å²) >= 11 is 0. The highest BCUT2D eigenvalue weighted by molar-refractivity contribution is 6.15. The Balaban J connectivity index is 1.14. The average Bonchev–Trinajstić information content (AvgIpc) is 3.78. The summed E-state index contributed by atoms with van der Waals surface area (Å²) in [5.41, 5.74) is 8.20. The molecule has 0 atom stereocenters. The fourth-order valence-electron chi connectivity index (χ4n) is 7.57. The second-order valence-corrected chi connectivity index (χ2v) is 13.2. The van der Waals surface area contributed by atoms with Crippen molar-refractivity contribution in [2.45, 2.75) is 0 Å². The molecule has 0 saturated carbocycles. The molecule has 0 spiro atoms. The SMILES string of the molecule is c1ccc(-c2cccc3c2oc2cccc(-c4nc(-c5ccc6ccccc6c5)nc(-c5ccc6cc7c(cc6c5)oc5ccccc57)n4)c23)cc1. The van der Waals surface area contributed by atoms with Crippen LogP contribution in [0.3, 0.4) is 0 Å². The number of fused-ring (bicyclic) bond motifs is 8. The van der Waals surface area contributed by atoms with Gasteiger partial charge in [-0.1, -0.05) is 127 Å². The summed E-state index contributed by atoms with van der Waals surface area (Å²) in [6, 6.07) is 56.3. The molecule has 0 bridgehead atoms. The van der Waals surface area contributed by atoms with Crippen molar-refractivity contribution in [3.63, 3.8) is 0 Å². The van der Waals surface area contributed by atoms with Crippen LogP contribution in [-0.4, -0.2) is 15.0 Å². The maximum absolute atomic E-state index is 6.60. The molecule has 0 aliphatic rings. The largest absolute Gasteiger partial charge is 0.456 e. The highest BCUT2D eigenvalue weighted by Gasteiger charge is 2.20. The minimum Gasteiger partial charge on any atom is -0.456 e. The number of hydrogen-bond acceptors (Lipinski definition) is 5. The van der Waals surface area contributed by atoms with E-state index in [-0.39, 0.29) is 0 Å². The van der Waals surface area contributed by atoms with Gasteiger partial charge in [0.1, 0.15) is 22.3 Å². The van der Waals surface area contributed by atoms with Gasteiger partial charge in [-0.05, 0) is 63.5 Å². The molecule has 11 aromatic rings. The minimum atomic E-state index is 0.583. The zero-order chi connectivity index (χ0) is 34.2. The lowest BCUT2D eigenvalue weighted by atomic mass is 10.0. The van der Waals surface area contributed by atoms with Gasteiger partial charge in [-0.15, -0.1) is 0 Å². The van der Waals surface area contributed by atoms with E-state index in [1.165, 1.54) is 0 Å². The van der Waals surface area contributed by atoms with Crippen LogP contribution >= 0.6 is 0 Å². The highest BCUT2D eigenvalue weighted by atomic mass is 16.3. The van der Waals surface area contributed by atoms with Gasteiger partial charge in [-0.2, -0.15) is 0 Å². The first-order chi connectivity index (χ1) is 25.7. The average molecular weight is 666 g/mol. The Morgan fingerprint density at radius 3 is 1.83 bits per heavy atom. The standard InChI is InChI=1S/C47H27N3O2/c1-2-11-29(12-3-1)35-15-8-16-37-43-38(17-9-19-41(43)52-44(35)37)47-49-45(32-22-20-28-10-4-5-13-30(28)24-32)48-46(50-47)33-23-21-31-26-39-36-14-6-7-18-40(36)51-42(39)27-34(31)25-33/h1-27H. The Morgan fingerprint density at radius 1 is 0.327 bits per heavy atom. The molecule has 3 aromatic heterocycles. The van der Waals surface area contributed by atoms with Gasteiger partial charge in [-0.25, -0.2) is 15.0 Å². The minimum absolute atomic E-state index is 0.583. The number of benzene rings is 8. The third kappa shape index (κ3) is 4.53. The van der Waals surface area contributed by atoms with Crippen LogP contribution in [0, 0.1) is 0 Å². The van der Waals surface area contributed by atoms with Crippen LogP contribution in [0.15, 0.2) is 173 Å². The third-order valence-electron chi connectivity index (χ3n) is 10.1. The van der Waals surface area contributed by atoms with Crippen molar-refractivity contribution >= 4 is 65.4 Å². The van der Waals surface area contributed by atoms with Crippen molar-refractivity contribution in [2.24, 2.45) is 0 Å². The maximum Gasteiger partial charge on any atom is 0.164 e. The van der Waals surface area contributed by atoms with Crippen LogP contribution in [-0.2, 0) is 0 Å². The van der Waals surface area contributed by atoms with Crippen LogP contribution in [0.5, 0.6) is 0 Å². The number of hydrogen-bond donors (Lipinski definition) is 0. The molecule has 0 aliphatic heterocycles. The smallest absolute Gasteiger partial charge is 0.164 e. The summed E-state index contributed by atoms with van der Waals surface area (Å²) in [6.07, 6.45) is 0. The molecular weight excluding hydrogens is 639 g/mol. The van der Waals surface area contributed by atoms with Gasteiger partial charge in [0.15, 0.2) is 17.5 Å². The van der Waals surface area contributed by atoms with Crippen LogP contribution in [0.4, 0.5) is 0 Å². The number of furan rings is 2. The summed E-state index contributed by atoms with van der Waals surface area (Å²) in [7, 11) is 0. The Bertz CT molecular complexity index is 3190. The van der Waals surface area contributed by atoms with E-state index in [2.05, 4.69) is 127 Å². The van der Waals surface area contributed by atoms with Crippen LogP contribution in [0.1, 0.15) is 0 Å². The van der Waals surface area contributed by atoms with Gasteiger partial charge in [0.05, 0.1) is 0 Å². The molecule has 0 unspecified atom stereocenters. The molecule has 0 N–H and O–H groups in total. The summed E-state index contributed by atoms with van der Waals surface area (Å²) in [6.45, 7) is 0. The molecule has 5 nitrogen and oxygen atoms in total. The predicted molar refractivity (Wildman–Crippen MR) is 211 cm³/mol. The molecule has 242 valence electrons. The van der Waals surface area contributed by atoms with E-state index in [0.717, 1.165) is 93.2 Å². The number of aromatic nitrogens is 3. The normalized spacial score (nSPS) is 11.8. The van der Waals surface area contributed by atoms with Crippen LogP contribution in [0.25, 0.3) is 111 Å². The summed E-state index contributed by atoms with van der Waals surface area (Å²) in [5, 5.41) is 8.67. The lowest BCUT2D eigenvalue weighted by molar-refractivity contribution is 0.669. The molecule has 0 amide bonds. The Kier molecular flexibility index (Phi) is 6.18. The number of rotatable bonds is 4. The lowest BCUT2D eigenvalue weighted by Gasteiger charge is -2.10. The van der Waals surface area contributed by atoms with E-state index in [1.54, 1.807) is 0 Å². The van der Waals surface area contributed by atoms with Crippen molar-refractivity contribution < 1.29 is 8.83 Å². The molecule has 8 aromatic carbocycles. The predicted octanol–water partition coefficient (Wildman–Crippen LogP) is 12.6. The third-order valence-corrected chi connectivity index (χ3v) is 10.1. The Morgan fingerprint density at radius 2 is 0.962 bits per heavy atom. The van der Waals surface area contributed by atoms with Gasteiger partial charge in [0.25, 0.3) is 0 Å². The van der Waals surface area contributed by atoms with E-state index in [0.29, 0.717) is 17.5 Å². The van der Waals surface area contributed by atoms with Crippen molar-refractivity contribution in [1.82, 2.24) is 15.0 Å². The Labute approximate surface area is 297 Å². The van der Waals surface area contributed by atoms with E-state index in [4.69, 9.17) is 23.8 Å². The fourth-order valence-corrected chi connectivity index (χ4v) is 7.57. The van der Waals surface area contributed by atoms with E-state index in [9.17, 15) is 0 Å². The summed E-state index contributed by atoms with van der Waals surface area (Å²) in [5.74, 6) is 1.78. The van der Waals surface area contributed by atoms with E-state index < -0.39 is 0 Å². The zero-order valence-electron chi connectivity index (χ0n) is 27.7. The highest BCUT2D eigenvalue weighted by Crippen LogP contribution is 2.41. The number of nitrogens with zero attached hydrogens (tertiary/aromatic N) is 3. The molecule has 0 saturated heterocycles. The molecule has 52 heavy (non-hydrogen) atoms. The molecule has 0 aliphatic carbocycles. The second kappa shape index (κ2) is 11.2. The quantitative estimate of drug-likeness (QED) is 0.187. The van der Waals surface area contributed by atoms with Gasteiger partial charge in [0, 0.05) is 43.8 Å². The van der Waals surface area contributed by atoms with Crippen molar-refractivity contribution in [3.05, 3.63) is 164 Å². The first-order valence-electron chi connectivity index (χ1n) is 17.3. The van der Waals surface area contributed by atoms with Crippen LogP contribution < -0.4 is 0 Å². The molecule has 0 fully saturated rings. The van der Waals surface area contributed by atoms with Gasteiger partial charge >= 0.3 is 0 Å². The van der Waals surface area contributed by atoms with Crippen LogP contribution in [0.2, 0.25) is 0 Å². The van der Waals surface area contributed by atoms with Gasteiger partial charge in [-0.3, -0.25) is 0 Å². The summed E-state index contributed by atoms with van der Waals surface area (Å²) < 4.78 is 12.9. The van der Waals surface area contributed by atoms with E-state index >= 15 is 0 Å². The van der Waals surface area contributed by atoms with Crippen molar-refractivity contribution in [3.8, 4) is 45.3 Å². The molecule has 0 radical (unpaired) electrons. The zero-order valence-corrected chi connectivity index (χ0v) is 27.7. The monoisotopic (exact) mass is 665 g/mol. The molecule has 11 rings (SSSR count). The lowest BCUT2D eigenvalue weighted by Crippen LogP contribution is -2.00. The maximum atomic E-state index is 6.60. The first kappa shape index (κ1) is 28.7. The van der Waals surface area contributed by atoms with E-state index in [1.807, 2.05) is 36.4 Å². The number of para-hydroxylation sites is 2. The second-order valence-electron chi connectivity index (χ2n) is 13.2. The van der Waals surface area contributed by atoms with Crippen molar-refractivity contribution in [2.75, 3.05) is 0 Å². The fraction of sp³-hybridized carbons (Fsp3) is 0. The molecule has 5 heteroatoms. The topological polar surface area (TPSA) is 65.0 Å². The summed E-state index contributed by atoms with van der Waals surface area (Å²) in [4.78, 5) is 15.5. The van der Waals surface area contributed by atoms with Crippen molar-refractivity contribution in [1.29, 1.82) is 0 Å².